The van der Waals surface area contributed by atoms with Crippen LogP contribution in [0.1, 0.15) is 20.8 Å². The van der Waals surface area contributed by atoms with Gasteiger partial charge in [-0.3, -0.25) is 9.59 Å². The van der Waals surface area contributed by atoms with Crippen LogP contribution in [-0.2, 0) is 13.6 Å². The van der Waals surface area contributed by atoms with Gasteiger partial charge in [0.15, 0.2) is 0 Å². The summed E-state index contributed by atoms with van der Waals surface area (Å²) in [6.07, 6.45) is 3.16. The normalized spacial score (nSPS) is 13.8. The summed E-state index contributed by atoms with van der Waals surface area (Å²) in [6.45, 7) is 6.37. The molecule has 0 amide bonds. The highest BCUT2D eigenvalue weighted by Crippen LogP contribution is 2.17. The van der Waals surface area contributed by atoms with Gasteiger partial charge < -0.3 is 14.9 Å². The molecule has 90 valence electrons. The van der Waals surface area contributed by atoms with E-state index in [0.29, 0.717) is 6.54 Å². The first-order valence-corrected chi connectivity index (χ1v) is 5.25. The van der Waals surface area contributed by atoms with E-state index in [2.05, 4.69) is 0 Å². The molecule has 1 atom stereocenters. The van der Waals surface area contributed by atoms with Crippen LogP contribution in [0.15, 0.2) is 22.0 Å². The Balaban J connectivity index is 3.05. The molecule has 5 nitrogen and oxygen atoms in total. The molecular weight excluding hydrogens is 206 g/mol. The molecule has 5 heteroatoms. The average molecular weight is 225 g/mol. The topological polar surface area (TPSA) is 70.0 Å². The summed E-state index contributed by atoms with van der Waals surface area (Å²) in [5.74, 6) is 0. The van der Waals surface area contributed by atoms with Crippen LogP contribution in [-0.4, -0.2) is 15.2 Å². The molecule has 0 saturated carbocycles. The maximum atomic E-state index is 11.6. The summed E-state index contributed by atoms with van der Waals surface area (Å²) < 4.78 is 2.64. The van der Waals surface area contributed by atoms with Crippen molar-refractivity contribution in [1.29, 1.82) is 0 Å². The number of aryl methyl sites for hydroxylation is 1. The highest BCUT2D eigenvalue weighted by atomic mass is 16.2. The minimum atomic E-state index is -0.524. The van der Waals surface area contributed by atoms with Crippen LogP contribution in [0.2, 0.25) is 0 Å². The molecule has 0 bridgehead atoms. The third-order valence-electron chi connectivity index (χ3n) is 2.74. The van der Waals surface area contributed by atoms with Crippen molar-refractivity contribution in [3.8, 4) is 0 Å². The van der Waals surface area contributed by atoms with Crippen molar-refractivity contribution >= 4 is 0 Å². The zero-order valence-corrected chi connectivity index (χ0v) is 10.2. The second-order valence-corrected chi connectivity index (χ2v) is 5.14. The van der Waals surface area contributed by atoms with Gasteiger partial charge in [0, 0.05) is 32.0 Å². The Bertz CT molecular complexity index is 479. The molecule has 0 saturated heterocycles. The molecule has 0 aromatic carbocycles. The fourth-order valence-electron chi connectivity index (χ4n) is 1.22. The predicted octanol–water partition coefficient (Wildman–Crippen LogP) is -0.0796. The SMILES string of the molecule is Cn1ccn(CC(N)C(C)(C)C)c(=O)c1=O. The molecule has 0 aliphatic heterocycles. The van der Waals surface area contributed by atoms with Gasteiger partial charge in [-0.1, -0.05) is 20.8 Å². The lowest BCUT2D eigenvalue weighted by molar-refractivity contribution is 0.288. The number of hydrogen-bond acceptors (Lipinski definition) is 3. The van der Waals surface area contributed by atoms with E-state index in [-0.39, 0.29) is 11.5 Å². The monoisotopic (exact) mass is 225 g/mol. The summed E-state index contributed by atoms with van der Waals surface area (Å²) in [6, 6.07) is -0.169. The molecule has 16 heavy (non-hydrogen) atoms. The molecule has 1 rings (SSSR count). The lowest BCUT2D eigenvalue weighted by Crippen LogP contribution is -2.46. The number of rotatable bonds is 2. The Labute approximate surface area is 94.5 Å². The zero-order chi connectivity index (χ0) is 12.5. The van der Waals surface area contributed by atoms with Crippen molar-refractivity contribution in [3.63, 3.8) is 0 Å². The lowest BCUT2D eigenvalue weighted by atomic mass is 9.87. The summed E-state index contributed by atoms with van der Waals surface area (Å²) in [4.78, 5) is 23.0. The second-order valence-electron chi connectivity index (χ2n) is 5.14. The first-order valence-electron chi connectivity index (χ1n) is 5.25. The Morgan fingerprint density at radius 2 is 1.81 bits per heavy atom. The highest BCUT2D eigenvalue weighted by Gasteiger charge is 2.21. The number of nitrogens with zero attached hydrogens (tertiary/aromatic N) is 2. The fourth-order valence-corrected chi connectivity index (χ4v) is 1.22. The second kappa shape index (κ2) is 4.25. The van der Waals surface area contributed by atoms with Crippen molar-refractivity contribution in [2.45, 2.75) is 33.4 Å². The molecule has 0 spiro atoms. The van der Waals surface area contributed by atoms with E-state index in [4.69, 9.17) is 5.73 Å². The van der Waals surface area contributed by atoms with Gasteiger partial charge >= 0.3 is 11.1 Å². The Hall–Kier alpha value is -1.36. The molecule has 2 N–H and O–H groups in total. The Morgan fingerprint density at radius 3 is 2.31 bits per heavy atom. The minimum absolute atomic E-state index is 0.0967. The van der Waals surface area contributed by atoms with Gasteiger partial charge in [0.05, 0.1) is 0 Å². The largest absolute Gasteiger partial charge is 0.326 e. The average Bonchev–Trinajstić information content (AvgIpc) is 2.17. The van der Waals surface area contributed by atoms with Crippen LogP contribution >= 0.6 is 0 Å². The summed E-state index contributed by atoms with van der Waals surface area (Å²) >= 11 is 0. The van der Waals surface area contributed by atoms with Gasteiger partial charge in [0.25, 0.3) is 0 Å². The number of hydrogen-bond donors (Lipinski definition) is 1. The first-order chi connectivity index (χ1) is 7.23. The lowest BCUT2D eigenvalue weighted by Gasteiger charge is -2.27. The molecular formula is C11H19N3O2. The van der Waals surface area contributed by atoms with Crippen LogP contribution in [0.4, 0.5) is 0 Å². The molecule has 1 aromatic heterocycles. The summed E-state index contributed by atoms with van der Waals surface area (Å²) in [5.41, 5.74) is 4.83. The Morgan fingerprint density at radius 1 is 1.25 bits per heavy atom. The molecule has 0 radical (unpaired) electrons. The molecule has 1 unspecified atom stereocenters. The molecule has 1 aromatic rings. The van der Waals surface area contributed by atoms with Crippen LogP contribution < -0.4 is 16.9 Å². The predicted molar refractivity (Wildman–Crippen MR) is 63.4 cm³/mol. The highest BCUT2D eigenvalue weighted by molar-refractivity contribution is 4.87. The van der Waals surface area contributed by atoms with Crippen LogP contribution in [0, 0.1) is 5.41 Å². The maximum Gasteiger partial charge on any atom is 0.316 e. The maximum absolute atomic E-state index is 11.6. The van der Waals surface area contributed by atoms with E-state index in [9.17, 15) is 9.59 Å². The fraction of sp³-hybridized carbons (Fsp3) is 0.636. The minimum Gasteiger partial charge on any atom is -0.326 e. The van der Waals surface area contributed by atoms with Crippen molar-refractivity contribution in [1.82, 2.24) is 9.13 Å². The standard InChI is InChI=1S/C11H19N3O2/c1-11(2,3)8(12)7-14-6-5-13(4)9(15)10(14)16/h5-6,8H,7,12H2,1-4H3. The van der Waals surface area contributed by atoms with Crippen LogP contribution in [0.25, 0.3) is 0 Å². The van der Waals surface area contributed by atoms with Crippen LogP contribution in [0.5, 0.6) is 0 Å². The van der Waals surface area contributed by atoms with Gasteiger partial charge in [-0.05, 0) is 5.41 Å². The third kappa shape index (κ3) is 2.61. The van der Waals surface area contributed by atoms with Gasteiger partial charge in [0.1, 0.15) is 0 Å². The molecule has 0 aliphatic rings. The number of nitrogens with two attached hydrogens (primary N) is 1. The van der Waals surface area contributed by atoms with Crippen molar-refractivity contribution in [3.05, 3.63) is 33.1 Å². The summed E-state index contributed by atoms with van der Waals surface area (Å²) in [7, 11) is 1.55. The van der Waals surface area contributed by atoms with Crippen molar-refractivity contribution in [2.24, 2.45) is 18.2 Å². The van der Waals surface area contributed by atoms with Gasteiger partial charge in [-0.25, -0.2) is 0 Å². The zero-order valence-electron chi connectivity index (χ0n) is 10.2. The van der Waals surface area contributed by atoms with Gasteiger partial charge in [0.2, 0.25) is 0 Å². The van der Waals surface area contributed by atoms with Crippen LogP contribution in [0.3, 0.4) is 0 Å². The van der Waals surface area contributed by atoms with E-state index in [1.165, 1.54) is 9.13 Å². The van der Waals surface area contributed by atoms with E-state index in [1.807, 2.05) is 20.8 Å². The number of aromatic nitrogens is 2. The first kappa shape index (κ1) is 12.7. The molecule has 0 fully saturated rings. The Kier molecular flexibility index (Phi) is 3.38. The van der Waals surface area contributed by atoms with E-state index < -0.39 is 11.1 Å². The van der Waals surface area contributed by atoms with Gasteiger partial charge in [-0.2, -0.15) is 0 Å². The third-order valence-corrected chi connectivity index (χ3v) is 2.74. The van der Waals surface area contributed by atoms with Crippen molar-refractivity contribution < 1.29 is 0 Å². The molecule has 0 aliphatic carbocycles. The van der Waals surface area contributed by atoms with E-state index in [1.54, 1.807) is 19.4 Å². The van der Waals surface area contributed by atoms with Gasteiger partial charge in [-0.15, -0.1) is 0 Å². The smallest absolute Gasteiger partial charge is 0.316 e. The van der Waals surface area contributed by atoms with E-state index in [0.717, 1.165) is 0 Å². The van der Waals surface area contributed by atoms with E-state index >= 15 is 0 Å². The van der Waals surface area contributed by atoms with Crippen molar-refractivity contribution in [2.75, 3.05) is 0 Å². The summed E-state index contributed by atoms with van der Waals surface area (Å²) in [5, 5.41) is 0. The quantitative estimate of drug-likeness (QED) is 0.716. The molecule has 1 heterocycles.